The molecule has 0 fully saturated rings. The van der Waals surface area contributed by atoms with Gasteiger partial charge in [-0.3, -0.25) is 0 Å². The Bertz CT molecular complexity index is 708. The van der Waals surface area contributed by atoms with E-state index in [1.54, 1.807) is 6.20 Å². The number of pyridine rings is 1. The molecule has 0 aliphatic heterocycles. The van der Waals surface area contributed by atoms with Crippen molar-refractivity contribution in [1.29, 1.82) is 0 Å². The van der Waals surface area contributed by atoms with Gasteiger partial charge in [0.2, 0.25) is 0 Å². The maximum Gasteiger partial charge on any atom is 0.200 e. The van der Waals surface area contributed by atoms with Crippen LogP contribution in [0.4, 0.5) is 11.5 Å². The lowest BCUT2D eigenvalue weighted by molar-refractivity contribution is 0.460. The highest BCUT2D eigenvalue weighted by Crippen LogP contribution is 2.25. The van der Waals surface area contributed by atoms with E-state index in [9.17, 15) is 0 Å². The molecule has 4 nitrogen and oxygen atoms in total. The predicted molar refractivity (Wildman–Crippen MR) is 71.3 cm³/mol. The van der Waals surface area contributed by atoms with E-state index in [2.05, 4.69) is 15.5 Å². The third-order valence-electron chi connectivity index (χ3n) is 2.65. The number of hydrogen-bond acceptors (Lipinski definition) is 4. The van der Waals surface area contributed by atoms with E-state index in [0.29, 0.717) is 16.9 Å². The number of aromatic nitrogens is 2. The summed E-state index contributed by atoms with van der Waals surface area (Å²) in [5.74, 6) is 0.604. The smallest absolute Gasteiger partial charge is 0.200 e. The molecular formula is C13H10ClN3O. The number of anilines is 2. The average Bonchev–Trinajstić information content (AvgIpc) is 2.78. The van der Waals surface area contributed by atoms with Gasteiger partial charge < -0.3 is 9.84 Å². The summed E-state index contributed by atoms with van der Waals surface area (Å²) < 4.78 is 5.17. The molecule has 1 aromatic carbocycles. The van der Waals surface area contributed by atoms with E-state index in [4.69, 9.17) is 16.1 Å². The molecule has 0 aliphatic carbocycles. The second-order valence-electron chi connectivity index (χ2n) is 3.97. The number of hydrogen-bond donors (Lipinski definition) is 1. The highest BCUT2D eigenvalue weighted by atomic mass is 35.5. The summed E-state index contributed by atoms with van der Waals surface area (Å²) in [6.07, 6.45) is 1.71. The maximum atomic E-state index is 5.98. The molecule has 3 rings (SSSR count). The Hall–Kier alpha value is -2.07. The first kappa shape index (κ1) is 11.0. The quantitative estimate of drug-likeness (QED) is 0.758. The molecule has 5 heteroatoms. The Labute approximate surface area is 109 Å². The van der Waals surface area contributed by atoms with E-state index >= 15 is 0 Å². The maximum absolute atomic E-state index is 5.98. The fourth-order valence-corrected chi connectivity index (χ4v) is 1.84. The molecule has 0 spiro atoms. The Morgan fingerprint density at radius 3 is 3.00 bits per heavy atom. The summed E-state index contributed by atoms with van der Waals surface area (Å²) in [5, 5.41) is 7.87. The van der Waals surface area contributed by atoms with E-state index in [1.165, 1.54) is 0 Å². The van der Waals surface area contributed by atoms with Crippen molar-refractivity contribution in [3.63, 3.8) is 0 Å². The highest BCUT2D eigenvalue weighted by Gasteiger charge is 2.09. The van der Waals surface area contributed by atoms with Gasteiger partial charge in [-0.2, -0.15) is 0 Å². The van der Waals surface area contributed by atoms with Crippen LogP contribution in [0.5, 0.6) is 0 Å². The average molecular weight is 260 g/mol. The standard InChI is InChI=1S/C13H10ClN3O/c1-8-7-9(4-5-10(8)14)16-13-12-11(18-17-13)3-2-6-15-12/h2-7H,1H3,(H,16,17). The Morgan fingerprint density at radius 2 is 2.17 bits per heavy atom. The second-order valence-corrected chi connectivity index (χ2v) is 4.38. The third kappa shape index (κ3) is 1.91. The predicted octanol–water partition coefficient (Wildman–Crippen LogP) is 3.93. The second kappa shape index (κ2) is 4.31. The highest BCUT2D eigenvalue weighted by molar-refractivity contribution is 6.31. The largest absolute Gasteiger partial charge is 0.352 e. The van der Waals surface area contributed by atoms with Gasteiger partial charge >= 0.3 is 0 Å². The molecule has 2 aromatic heterocycles. The summed E-state index contributed by atoms with van der Waals surface area (Å²) in [6, 6.07) is 9.32. The molecule has 0 unspecified atom stereocenters. The lowest BCUT2D eigenvalue weighted by atomic mass is 10.2. The molecule has 1 N–H and O–H groups in total. The van der Waals surface area contributed by atoms with Gasteiger partial charge in [-0.1, -0.05) is 16.8 Å². The molecule has 90 valence electrons. The van der Waals surface area contributed by atoms with Gasteiger partial charge in [-0.05, 0) is 42.8 Å². The van der Waals surface area contributed by atoms with Crippen LogP contribution >= 0.6 is 11.6 Å². The molecule has 0 saturated carbocycles. The van der Waals surface area contributed by atoms with Gasteiger partial charge in [0.25, 0.3) is 0 Å². The van der Waals surface area contributed by atoms with Crippen molar-refractivity contribution in [2.24, 2.45) is 0 Å². The van der Waals surface area contributed by atoms with Crippen LogP contribution in [-0.4, -0.2) is 10.1 Å². The monoisotopic (exact) mass is 259 g/mol. The third-order valence-corrected chi connectivity index (χ3v) is 3.08. The zero-order chi connectivity index (χ0) is 12.5. The van der Waals surface area contributed by atoms with Crippen LogP contribution in [0.3, 0.4) is 0 Å². The van der Waals surface area contributed by atoms with E-state index < -0.39 is 0 Å². The lowest BCUT2D eigenvalue weighted by Gasteiger charge is -2.04. The SMILES string of the molecule is Cc1cc(Nc2noc3cccnc23)ccc1Cl. The van der Waals surface area contributed by atoms with Gasteiger partial charge in [0.05, 0.1) is 0 Å². The molecule has 0 bridgehead atoms. The Balaban J connectivity index is 1.98. The van der Waals surface area contributed by atoms with Gasteiger partial charge in [0, 0.05) is 16.9 Å². The summed E-state index contributed by atoms with van der Waals surface area (Å²) in [5.41, 5.74) is 3.27. The molecule has 0 atom stereocenters. The van der Waals surface area contributed by atoms with Crippen LogP contribution in [0, 0.1) is 6.92 Å². The van der Waals surface area contributed by atoms with E-state index in [-0.39, 0.29) is 0 Å². The van der Waals surface area contributed by atoms with Crippen molar-refractivity contribution in [2.75, 3.05) is 5.32 Å². The molecule has 2 heterocycles. The molecule has 3 aromatic rings. The van der Waals surface area contributed by atoms with Gasteiger partial charge in [0.1, 0.15) is 0 Å². The van der Waals surface area contributed by atoms with E-state index in [1.807, 2.05) is 37.3 Å². The number of rotatable bonds is 2. The summed E-state index contributed by atoms with van der Waals surface area (Å²) in [4.78, 5) is 4.23. The molecule has 0 saturated heterocycles. The van der Waals surface area contributed by atoms with Crippen molar-refractivity contribution < 1.29 is 4.52 Å². The molecule has 0 radical (unpaired) electrons. The van der Waals surface area contributed by atoms with Crippen LogP contribution in [0.15, 0.2) is 41.1 Å². The van der Waals surface area contributed by atoms with Crippen molar-refractivity contribution in [2.45, 2.75) is 6.92 Å². The number of nitrogens with zero attached hydrogens (tertiary/aromatic N) is 2. The van der Waals surface area contributed by atoms with Crippen molar-refractivity contribution in [3.05, 3.63) is 47.1 Å². The number of halogens is 1. The van der Waals surface area contributed by atoms with Gasteiger partial charge in [0.15, 0.2) is 16.9 Å². The first-order valence-electron chi connectivity index (χ1n) is 5.47. The van der Waals surface area contributed by atoms with Crippen LogP contribution in [0.25, 0.3) is 11.1 Å². The van der Waals surface area contributed by atoms with Crippen LogP contribution < -0.4 is 5.32 Å². The topological polar surface area (TPSA) is 51.0 Å². The van der Waals surface area contributed by atoms with E-state index in [0.717, 1.165) is 16.3 Å². The minimum Gasteiger partial charge on any atom is -0.352 e. The van der Waals surface area contributed by atoms with Crippen molar-refractivity contribution in [1.82, 2.24) is 10.1 Å². The fourth-order valence-electron chi connectivity index (χ4n) is 1.72. The first-order valence-corrected chi connectivity index (χ1v) is 5.85. The molecule has 0 aliphatic rings. The summed E-state index contributed by atoms with van der Waals surface area (Å²) >= 11 is 5.98. The minimum atomic E-state index is 0.604. The Kier molecular flexibility index (Phi) is 2.64. The minimum absolute atomic E-state index is 0.604. The number of nitrogens with one attached hydrogen (secondary N) is 1. The van der Waals surface area contributed by atoms with Gasteiger partial charge in [-0.15, -0.1) is 0 Å². The number of fused-ring (bicyclic) bond motifs is 1. The molecular weight excluding hydrogens is 250 g/mol. The van der Waals surface area contributed by atoms with Crippen LogP contribution in [0.2, 0.25) is 5.02 Å². The molecule has 0 amide bonds. The normalized spacial score (nSPS) is 10.8. The van der Waals surface area contributed by atoms with Crippen LogP contribution in [0.1, 0.15) is 5.56 Å². The van der Waals surface area contributed by atoms with Gasteiger partial charge in [-0.25, -0.2) is 4.98 Å². The van der Waals surface area contributed by atoms with Crippen molar-refractivity contribution in [3.8, 4) is 0 Å². The zero-order valence-corrected chi connectivity index (χ0v) is 10.4. The lowest BCUT2D eigenvalue weighted by Crippen LogP contribution is -1.92. The van der Waals surface area contributed by atoms with Crippen LogP contribution in [-0.2, 0) is 0 Å². The van der Waals surface area contributed by atoms with Crippen molar-refractivity contribution >= 4 is 34.2 Å². The fraction of sp³-hybridized carbons (Fsp3) is 0.0769. The first-order chi connectivity index (χ1) is 8.74. The zero-order valence-electron chi connectivity index (χ0n) is 9.64. The number of aryl methyl sites for hydroxylation is 1. The Morgan fingerprint density at radius 1 is 1.28 bits per heavy atom. The summed E-state index contributed by atoms with van der Waals surface area (Å²) in [7, 11) is 0. The molecule has 18 heavy (non-hydrogen) atoms. The summed E-state index contributed by atoms with van der Waals surface area (Å²) in [6.45, 7) is 1.95. The number of benzene rings is 1.